The van der Waals surface area contributed by atoms with E-state index in [1.54, 1.807) is 6.92 Å². The van der Waals surface area contributed by atoms with Gasteiger partial charge >= 0.3 is 6.03 Å². The number of rotatable bonds is 5. The van der Waals surface area contributed by atoms with Crippen LogP contribution in [-0.4, -0.2) is 34.3 Å². The first-order chi connectivity index (χ1) is 13.3. The van der Waals surface area contributed by atoms with E-state index >= 15 is 0 Å². The number of nitrogens with zero attached hydrogens (tertiary/aromatic N) is 4. The summed E-state index contributed by atoms with van der Waals surface area (Å²) in [5.74, 6) is 0.0451. The fourth-order valence-electron chi connectivity index (χ4n) is 2.28. The summed E-state index contributed by atoms with van der Waals surface area (Å²) in [5.41, 5.74) is 0.136. The van der Waals surface area contributed by atoms with E-state index in [-0.39, 0.29) is 22.2 Å². The van der Waals surface area contributed by atoms with E-state index in [1.165, 1.54) is 31.4 Å². The number of ether oxygens (including phenoxy) is 1. The Morgan fingerprint density at radius 1 is 1.43 bits per heavy atom. The van der Waals surface area contributed by atoms with E-state index in [0.29, 0.717) is 5.56 Å². The third-order valence-electron chi connectivity index (χ3n) is 3.59. The van der Waals surface area contributed by atoms with Gasteiger partial charge in [-0.2, -0.15) is 10.2 Å². The molecule has 1 aromatic carbocycles. The number of pyridine rings is 1. The lowest BCUT2D eigenvalue weighted by molar-refractivity contribution is -0.387. The number of aryl methyl sites for hydroxylation is 1. The van der Waals surface area contributed by atoms with Crippen molar-refractivity contribution in [2.45, 2.75) is 11.8 Å². The van der Waals surface area contributed by atoms with Crippen LogP contribution in [0, 0.1) is 28.4 Å². The molecule has 1 heterocycles. The molecule has 1 unspecified atom stereocenters. The number of nitro benzene ring substituents is 1. The second-order valence-electron chi connectivity index (χ2n) is 5.31. The summed E-state index contributed by atoms with van der Waals surface area (Å²) in [6.45, 7) is 1.63. The number of methoxy groups -OCH3 is 1. The predicted octanol–water partition coefficient (Wildman–Crippen LogP) is 2.37. The summed E-state index contributed by atoms with van der Waals surface area (Å²) in [6, 6.07) is 7.64. The number of carbonyl (C=O) groups is 1. The Morgan fingerprint density at radius 2 is 2.11 bits per heavy atom. The minimum atomic E-state index is -3.67. The van der Waals surface area contributed by atoms with Crippen LogP contribution >= 0.6 is 0 Å². The van der Waals surface area contributed by atoms with Gasteiger partial charge in [0.1, 0.15) is 11.0 Å². The second-order valence-corrected chi connectivity index (χ2v) is 7.37. The highest BCUT2D eigenvalue weighted by atomic mass is 32.2. The Bertz CT molecular complexity index is 1100. The number of nitrogens with one attached hydrogen (secondary N) is 2. The maximum atomic E-state index is 13.1. The number of amides is 2. The zero-order valence-electron chi connectivity index (χ0n) is 15.1. The molecule has 2 amide bonds. The van der Waals surface area contributed by atoms with Gasteiger partial charge in [-0.05, 0) is 18.6 Å². The lowest BCUT2D eigenvalue weighted by Gasteiger charge is -2.14. The van der Waals surface area contributed by atoms with Crippen LogP contribution in [0.25, 0.3) is 0 Å². The van der Waals surface area contributed by atoms with Crippen molar-refractivity contribution in [2.24, 2.45) is 4.36 Å². The molecule has 2 aromatic rings. The van der Waals surface area contributed by atoms with Crippen molar-refractivity contribution in [2.75, 3.05) is 19.5 Å². The van der Waals surface area contributed by atoms with E-state index in [4.69, 9.17) is 4.74 Å². The topological polar surface area (TPSA) is 160 Å². The molecule has 2 rings (SSSR count). The van der Waals surface area contributed by atoms with Crippen LogP contribution in [0.5, 0.6) is 5.88 Å². The maximum Gasteiger partial charge on any atom is 0.333 e. The van der Waals surface area contributed by atoms with E-state index < -0.39 is 26.6 Å². The molecule has 0 saturated carbocycles. The molecule has 0 fully saturated rings. The molecule has 1 atom stereocenters. The van der Waals surface area contributed by atoms with Crippen LogP contribution in [0.4, 0.5) is 16.3 Å². The Labute approximate surface area is 160 Å². The minimum absolute atomic E-state index is 0.0848. The first-order valence-corrected chi connectivity index (χ1v) is 9.20. The summed E-state index contributed by atoms with van der Waals surface area (Å²) in [4.78, 5) is 26.6. The first-order valence-electron chi connectivity index (χ1n) is 7.69. The van der Waals surface area contributed by atoms with Crippen molar-refractivity contribution in [1.29, 1.82) is 5.26 Å². The molecule has 0 saturated heterocycles. The Morgan fingerprint density at radius 3 is 2.68 bits per heavy atom. The third kappa shape index (κ3) is 4.15. The van der Waals surface area contributed by atoms with E-state index in [2.05, 4.69) is 19.4 Å². The normalized spacial score (nSPS) is 12.2. The fraction of sp³-hybridized carbons (Fsp3) is 0.188. The summed E-state index contributed by atoms with van der Waals surface area (Å²) < 4.78 is 23.9. The van der Waals surface area contributed by atoms with Crippen LogP contribution < -0.4 is 14.8 Å². The highest BCUT2D eigenvalue weighted by Crippen LogP contribution is 2.25. The van der Waals surface area contributed by atoms with Crippen molar-refractivity contribution >= 4 is 27.5 Å². The van der Waals surface area contributed by atoms with Crippen molar-refractivity contribution in [3.8, 4) is 11.9 Å². The molecule has 0 bridgehead atoms. The van der Waals surface area contributed by atoms with Gasteiger partial charge in [0, 0.05) is 19.2 Å². The number of benzene rings is 1. The number of hydrogen-bond donors (Lipinski definition) is 2. The zero-order valence-corrected chi connectivity index (χ0v) is 15.9. The smallest absolute Gasteiger partial charge is 0.333 e. The number of carbonyl (C=O) groups excluding carboxylic acids is 1. The molecular weight excluding hydrogens is 388 g/mol. The number of anilines is 1. The molecule has 0 aliphatic rings. The SMILES string of the molecule is CN=S(=O)(NC(=O)Nc1nc(OC)cc(C)c1C#N)c1ccccc1[N+](=O)[O-]. The number of para-hydroxylation sites is 1. The van der Waals surface area contributed by atoms with Gasteiger partial charge in [0.05, 0.1) is 17.6 Å². The molecule has 0 aliphatic carbocycles. The molecule has 12 heteroatoms. The Kier molecular flexibility index (Phi) is 6.11. The summed E-state index contributed by atoms with van der Waals surface area (Å²) in [7, 11) is -1.14. The summed E-state index contributed by atoms with van der Waals surface area (Å²) in [6.07, 6.45) is 0. The highest BCUT2D eigenvalue weighted by molar-refractivity contribution is 7.92. The maximum absolute atomic E-state index is 13.1. The number of nitro groups is 1. The number of nitriles is 1. The molecular formula is C16H16N6O5S. The van der Waals surface area contributed by atoms with Crippen molar-refractivity contribution < 1.29 is 18.7 Å². The lowest BCUT2D eigenvalue weighted by Crippen LogP contribution is -2.35. The number of urea groups is 1. The molecule has 2 N–H and O–H groups in total. The average molecular weight is 404 g/mol. The summed E-state index contributed by atoms with van der Waals surface area (Å²) >= 11 is 0. The van der Waals surface area contributed by atoms with Gasteiger partial charge in [-0.15, -0.1) is 0 Å². The molecule has 1 aromatic heterocycles. The quantitative estimate of drug-likeness (QED) is 0.571. The van der Waals surface area contributed by atoms with E-state index in [9.17, 15) is 24.4 Å². The van der Waals surface area contributed by atoms with Gasteiger partial charge in [0.25, 0.3) is 5.69 Å². The average Bonchev–Trinajstić information content (AvgIpc) is 2.67. The fourth-order valence-corrected chi connectivity index (χ4v) is 3.67. The predicted molar refractivity (Wildman–Crippen MR) is 100 cm³/mol. The molecule has 28 heavy (non-hydrogen) atoms. The molecule has 0 radical (unpaired) electrons. The highest BCUT2D eigenvalue weighted by Gasteiger charge is 2.25. The summed E-state index contributed by atoms with van der Waals surface area (Å²) in [5, 5.41) is 22.8. The minimum Gasteiger partial charge on any atom is -0.481 e. The molecule has 0 spiro atoms. The molecule has 146 valence electrons. The van der Waals surface area contributed by atoms with Crippen LogP contribution in [0.3, 0.4) is 0 Å². The largest absolute Gasteiger partial charge is 0.481 e. The zero-order chi connectivity index (χ0) is 20.9. The van der Waals surface area contributed by atoms with Gasteiger partial charge in [-0.25, -0.2) is 18.1 Å². The lowest BCUT2D eigenvalue weighted by atomic mass is 10.1. The first kappa shape index (κ1) is 20.6. The van der Waals surface area contributed by atoms with Crippen LogP contribution in [0.15, 0.2) is 39.6 Å². The van der Waals surface area contributed by atoms with E-state index in [0.717, 1.165) is 13.1 Å². The molecule has 0 aliphatic heterocycles. The van der Waals surface area contributed by atoms with Gasteiger partial charge < -0.3 is 4.74 Å². The van der Waals surface area contributed by atoms with E-state index in [1.807, 2.05) is 6.07 Å². The number of hydrogen-bond acceptors (Lipinski definition) is 8. The standard InChI is InChI=1S/C16H16N6O5S/c1-10-8-14(27-3)19-15(11(10)9-17)20-16(23)21-28(26,18-2)13-7-5-4-6-12(13)22(24)25/h4-8H,1-3H3,(H2,18,19,20,21,23,26). The van der Waals surface area contributed by atoms with Gasteiger partial charge in [0.2, 0.25) is 5.88 Å². The Hall–Kier alpha value is -3.72. The van der Waals surface area contributed by atoms with Crippen LogP contribution in [0.2, 0.25) is 0 Å². The van der Waals surface area contributed by atoms with Gasteiger partial charge in [0.15, 0.2) is 15.7 Å². The van der Waals surface area contributed by atoms with Gasteiger partial charge in [-0.1, -0.05) is 12.1 Å². The van der Waals surface area contributed by atoms with Crippen molar-refractivity contribution in [1.82, 2.24) is 9.71 Å². The molecule has 11 nitrogen and oxygen atoms in total. The van der Waals surface area contributed by atoms with Crippen LogP contribution in [0.1, 0.15) is 11.1 Å². The Balaban J connectivity index is 2.40. The van der Waals surface area contributed by atoms with Crippen molar-refractivity contribution in [3.63, 3.8) is 0 Å². The third-order valence-corrected chi connectivity index (χ3v) is 5.51. The van der Waals surface area contributed by atoms with Crippen LogP contribution in [-0.2, 0) is 9.92 Å². The monoisotopic (exact) mass is 404 g/mol. The number of aromatic nitrogens is 1. The van der Waals surface area contributed by atoms with Crippen molar-refractivity contribution in [3.05, 3.63) is 51.6 Å². The van der Waals surface area contributed by atoms with Gasteiger partial charge in [-0.3, -0.25) is 15.4 Å². The second kappa shape index (κ2) is 8.31.